The van der Waals surface area contributed by atoms with E-state index in [0.29, 0.717) is 0 Å². The van der Waals surface area contributed by atoms with Crippen LogP contribution in [-0.4, -0.2) is 0 Å². The Morgan fingerprint density at radius 3 is 1.75 bits per heavy atom. The summed E-state index contributed by atoms with van der Waals surface area (Å²) in [6.45, 7) is 5.50. The van der Waals surface area contributed by atoms with Gasteiger partial charge in [0.1, 0.15) is 0 Å². The molecule has 0 unspecified atom stereocenters. The largest absolute Gasteiger partial charge is 0.344 e. The number of hydrogen-bond acceptors (Lipinski definition) is 0. The van der Waals surface area contributed by atoms with Crippen molar-refractivity contribution in [3.63, 3.8) is 0 Å². The SMILES string of the molecule is [CH2-]CC.[Sm]. The van der Waals surface area contributed by atoms with Crippen molar-refractivity contribution in [1.29, 1.82) is 0 Å². The summed E-state index contributed by atoms with van der Waals surface area (Å²) in [6, 6.07) is 0. The van der Waals surface area contributed by atoms with Gasteiger partial charge in [-0.3, -0.25) is 0 Å². The fraction of sp³-hybridized carbons (Fsp3) is 0.667. The van der Waals surface area contributed by atoms with Crippen LogP contribution in [0, 0.1) is 47.3 Å². The molecule has 0 saturated carbocycles. The Morgan fingerprint density at radius 1 is 1.75 bits per heavy atom. The van der Waals surface area contributed by atoms with E-state index >= 15 is 0 Å². The zero-order valence-corrected chi connectivity index (χ0v) is 5.44. The molecule has 0 aliphatic rings. The van der Waals surface area contributed by atoms with Crippen LogP contribution in [0.4, 0.5) is 0 Å². The molecule has 0 aliphatic heterocycles. The molecule has 0 aliphatic carbocycles. The molecule has 0 aromatic rings. The first-order chi connectivity index (χ1) is 1.41. The minimum Gasteiger partial charge on any atom is -0.344 e. The molecule has 0 spiro atoms. The van der Waals surface area contributed by atoms with Crippen LogP contribution in [-0.2, 0) is 0 Å². The van der Waals surface area contributed by atoms with E-state index in [-0.39, 0.29) is 40.4 Å². The third-order valence-corrected chi connectivity index (χ3v) is 0. The molecule has 0 rings (SSSR count). The molecule has 0 aromatic carbocycles. The second-order valence-electron chi connectivity index (χ2n) is 0.500. The van der Waals surface area contributed by atoms with Gasteiger partial charge in [-0.2, -0.15) is 6.42 Å². The van der Waals surface area contributed by atoms with Crippen LogP contribution in [0.25, 0.3) is 0 Å². The van der Waals surface area contributed by atoms with Crippen LogP contribution in [0.2, 0.25) is 0 Å². The zero-order chi connectivity index (χ0) is 2.71. The second kappa shape index (κ2) is 8.84. The van der Waals surface area contributed by atoms with Crippen molar-refractivity contribution in [1.82, 2.24) is 0 Å². The molecule has 0 saturated heterocycles. The average molecular weight is 193 g/mol. The van der Waals surface area contributed by atoms with Gasteiger partial charge in [0.05, 0.1) is 0 Å². The van der Waals surface area contributed by atoms with Crippen LogP contribution in [0.3, 0.4) is 0 Å². The smallest absolute Gasteiger partial charge is 0 e. The van der Waals surface area contributed by atoms with Crippen molar-refractivity contribution in [2.45, 2.75) is 13.3 Å². The monoisotopic (exact) mass is 195 g/mol. The first-order valence-electron chi connectivity index (χ1n) is 1.21. The van der Waals surface area contributed by atoms with Gasteiger partial charge < -0.3 is 6.92 Å². The summed E-state index contributed by atoms with van der Waals surface area (Å²) in [5, 5.41) is 0. The molecule has 0 fully saturated rings. The molecule has 0 amide bonds. The molecule has 26 valence electrons. The van der Waals surface area contributed by atoms with Crippen molar-refractivity contribution in [3.05, 3.63) is 6.92 Å². The summed E-state index contributed by atoms with van der Waals surface area (Å²) in [4.78, 5) is 0. The number of rotatable bonds is 0. The van der Waals surface area contributed by atoms with E-state index in [4.69, 9.17) is 0 Å². The molecular formula is C3H7Sm-. The van der Waals surface area contributed by atoms with Gasteiger partial charge in [0, 0.05) is 40.4 Å². The topological polar surface area (TPSA) is 0 Å². The summed E-state index contributed by atoms with van der Waals surface area (Å²) in [7, 11) is 0. The molecule has 4 heavy (non-hydrogen) atoms. The summed E-state index contributed by atoms with van der Waals surface area (Å²) in [5.74, 6) is 0. The van der Waals surface area contributed by atoms with Gasteiger partial charge in [-0.1, -0.05) is 6.92 Å². The van der Waals surface area contributed by atoms with Crippen molar-refractivity contribution in [2.75, 3.05) is 0 Å². The Kier molecular flexibility index (Phi) is 19.9. The molecule has 1 heteroatoms. The summed E-state index contributed by atoms with van der Waals surface area (Å²) in [6.07, 6.45) is 1.00. The minimum absolute atomic E-state index is 0. The van der Waals surface area contributed by atoms with Crippen molar-refractivity contribution in [2.24, 2.45) is 0 Å². The first kappa shape index (κ1) is 9.02. The third kappa shape index (κ3) is 10.2. The van der Waals surface area contributed by atoms with Crippen molar-refractivity contribution >= 4 is 0 Å². The standard InChI is InChI=1S/C3H7.Sm/c1-3-2;/h1,3H2,2H3;/q-1;. The predicted octanol–water partition coefficient (Wildman–Crippen LogP) is 1.23. The van der Waals surface area contributed by atoms with Gasteiger partial charge in [-0.05, 0) is 0 Å². The first-order valence-corrected chi connectivity index (χ1v) is 1.21. The van der Waals surface area contributed by atoms with Crippen LogP contribution in [0.15, 0.2) is 0 Å². The molecule has 0 atom stereocenters. The van der Waals surface area contributed by atoms with Crippen LogP contribution >= 0.6 is 0 Å². The summed E-state index contributed by atoms with van der Waals surface area (Å²) in [5.41, 5.74) is 0. The quantitative estimate of drug-likeness (QED) is 0.508. The Morgan fingerprint density at radius 2 is 1.75 bits per heavy atom. The summed E-state index contributed by atoms with van der Waals surface area (Å²) >= 11 is 0. The Balaban J connectivity index is 0. The summed E-state index contributed by atoms with van der Waals surface area (Å²) < 4.78 is 0. The third-order valence-electron chi connectivity index (χ3n) is 0. The van der Waals surface area contributed by atoms with E-state index in [1.807, 2.05) is 6.92 Å². The van der Waals surface area contributed by atoms with E-state index in [2.05, 4.69) is 6.92 Å². The average Bonchev–Trinajstić information content (AvgIpc) is 0.918. The Labute approximate surface area is 60.1 Å². The van der Waals surface area contributed by atoms with Gasteiger partial charge in [0.2, 0.25) is 0 Å². The molecule has 0 radical (unpaired) electrons. The minimum atomic E-state index is 0. The van der Waals surface area contributed by atoms with E-state index in [1.54, 1.807) is 0 Å². The molecular weight excluding hydrogens is 186 g/mol. The maximum atomic E-state index is 3.49. The maximum absolute atomic E-state index is 3.49. The molecule has 0 heterocycles. The van der Waals surface area contributed by atoms with Gasteiger partial charge >= 0.3 is 0 Å². The predicted molar refractivity (Wildman–Crippen MR) is 15.6 cm³/mol. The zero-order valence-electron chi connectivity index (χ0n) is 2.82. The van der Waals surface area contributed by atoms with Crippen LogP contribution < -0.4 is 0 Å². The fourth-order valence-corrected chi connectivity index (χ4v) is 0. The van der Waals surface area contributed by atoms with Crippen LogP contribution in [0.1, 0.15) is 13.3 Å². The van der Waals surface area contributed by atoms with E-state index in [0.717, 1.165) is 6.42 Å². The van der Waals surface area contributed by atoms with Crippen molar-refractivity contribution < 1.29 is 40.4 Å². The van der Waals surface area contributed by atoms with Gasteiger partial charge in [-0.25, -0.2) is 0 Å². The van der Waals surface area contributed by atoms with Crippen LogP contribution in [0.5, 0.6) is 0 Å². The van der Waals surface area contributed by atoms with Gasteiger partial charge in [0.15, 0.2) is 0 Å². The molecule has 0 aromatic heterocycles. The number of hydrogen-bond donors (Lipinski definition) is 0. The molecule has 0 bridgehead atoms. The second-order valence-corrected chi connectivity index (χ2v) is 0.500. The molecule has 0 N–H and O–H groups in total. The van der Waals surface area contributed by atoms with E-state index < -0.39 is 0 Å². The normalized spacial score (nSPS) is 4.50. The fourth-order valence-electron chi connectivity index (χ4n) is 0. The Hall–Kier alpha value is 1.34. The van der Waals surface area contributed by atoms with E-state index in [9.17, 15) is 0 Å². The maximum Gasteiger partial charge on any atom is 0 e. The van der Waals surface area contributed by atoms with Gasteiger partial charge in [0.25, 0.3) is 0 Å². The van der Waals surface area contributed by atoms with Gasteiger partial charge in [-0.15, -0.1) is 0 Å². The Bertz CT molecular complexity index is 3.25. The van der Waals surface area contributed by atoms with E-state index in [1.165, 1.54) is 0 Å². The van der Waals surface area contributed by atoms with Crippen molar-refractivity contribution in [3.8, 4) is 0 Å². The molecule has 0 nitrogen and oxygen atoms in total.